The van der Waals surface area contributed by atoms with Crippen LogP contribution in [0.25, 0.3) is 0 Å². The van der Waals surface area contributed by atoms with Crippen LogP contribution in [0.2, 0.25) is 0 Å². The first-order valence-electron chi connectivity index (χ1n) is 7.66. The van der Waals surface area contributed by atoms with Gasteiger partial charge in [0.15, 0.2) is 0 Å². The Kier molecular flexibility index (Phi) is 5.40. The highest BCUT2D eigenvalue weighted by molar-refractivity contribution is 5.36. The normalized spacial score (nSPS) is 13.7. The molecule has 0 aliphatic rings. The molecule has 2 aromatic carbocycles. The second-order valence-electron chi connectivity index (χ2n) is 5.50. The fourth-order valence-corrected chi connectivity index (χ4v) is 2.63. The van der Waals surface area contributed by atoms with Crippen LogP contribution in [0.4, 0.5) is 0 Å². The lowest BCUT2D eigenvalue weighted by molar-refractivity contribution is 0.331. The van der Waals surface area contributed by atoms with Crippen molar-refractivity contribution in [1.82, 2.24) is 5.32 Å². The highest BCUT2D eigenvalue weighted by Crippen LogP contribution is 2.27. The van der Waals surface area contributed by atoms with Crippen LogP contribution in [-0.2, 0) is 0 Å². The molecule has 21 heavy (non-hydrogen) atoms. The summed E-state index contributed by atoms with van der Waals surface area (Å²) in [6, 6.07) is 17.4. The third kappa shape index (κ3) is 4.08. The monoisotopic (exact) mass is 283 g/mol. The van der Waals surface area contributed by atoms with E-state index in [0.717, 1.165) is 5.75 Å². The van der Waals surface area contributed by atoms with Crippen molar-refractivity contribution >= 4 is 0 Å². The quantitative estimate of drug-likeness (QED) is 0.821. The van der Waals surface area contributed by atoms with Gasteiger partial charge in [0, 0.05) is 17.6 Å². The van der Waals surface area contributed by atoms with E-state index in [1.165, 1.54) is 16.7 Å². The third-order valence-electron chi connectivity index (χ3n) is 3.73. The van der Waals surface area contributed by atoms with Gasteiger partial charge in [0.05, 0.1) is 6.61 Å². The number of aryl methyl sites for hydroxylation is 1. The van der Waals surface area contributed by atoms with E-state index in [-0.39, 0.29) is 6.04 Å². The fourth-order valence-electron chi connectivity index (χ4n) is 2.63. The number of benzene rings is 2. The van der Waals surface area contributed by atoms with Crippen molar-refractivity contribution in [3.63, 3.8) is 0 Å². The van der Waals surface area contributed by atoms with Crippen LogP contribution >= 0.6 is 0 Å². The Morgan fingerprint density at radius 1 is 1.00 bits per heavy atom. The molecule has 0 saturated heterocycles. The molecule has 0 amide bonds. The summed E-state index contributed by atoms with van der Waals surface area (Å²) in [6.07, 6.45) is 0. The SMILES string of the molecule is CCOc1ccccc1C(C)N[C@H](C)c1cccc(C)c1. The van der Waals surface area contributed by atoms with Crippen LogP contribution in [0.1, 0.15) is 49.5 Å². The molecule has 0 aliphatic heterocycles. The van der Waals surface area contributed by atoms with Gasteiger partial charge in [-0.2, -0.15) is 0 Å². The van der Waals surface area contributed by atoms with Gasteiger partial charge >= 0.3 is 0 Å². The summed E-state index contributed by atoms with van der Waals surface area (Å²) in [5.41, 5.74) is 3.82. The van der Waals surface area contributed by atoms with Crippen LogP contribution in [0, 0.1) is 6.92 Å². The molecule has 0 aromatic heterocycles. The molecule has 112 valence electrons. The van der Waals surface area contributed by atoms with Crippen LogP contribution in [0.15, 0.2) is 48.5 Å². The van der Waals surface area contributed by atoms with Crippen molar-refractivity contribution in [2.75, 3.05) is 6.61 Å². The average molecular weight is 283 g/mol. The summed E-state index contributed by atoms with van der Waals surface area (Å²) in [7, 11) is 0. The molecule has 0 aliphatic carbocycles. The average Bonchev–Trinajstić information content (AvgIpc) is 2.48. The molecule has 0 bridgehead atoms. The van der Waals surface area contributed by atoms with Gasteiger partial charge in [-0.3, -0.25) is 0 Å². The number of hydrogen-bond acceptors (Lipinski definition) is 2. The van der Waals surface area contributed by atoms with E-state index in [1.807, 2.05) is 19.1 Å². The Morgan fingerprint density at radius 3 is 2.48 bits per heavy atom. The second kappa shape index (κ2) is 7.28. The fraction of sp³-hybridized carbons (Fsp3) is 0.368. The first-order chi connectivity index (χ1) is 10.1. The molecule has 2 heteroatoms. The van der Waals surface area contributed by atoms with Crippen molar-refractivity contribution in [1.29, 1.82) is 0 Å². The van der Waals surface area contributed by atoms with Gasteiger partial charge in [0.1, 0.15) is 5.75 Å². The van der Waals surface area contributed by atoms with Crippen molar-refractivity contribution in [3.8, 4) is 5.75 Å². The molecule has 2 rings (SSSR count). The van der Waals surface area contributed by atoms with Gasteiger partial charge in [-0.15, -0.1) is 0 Å². The molecule has 1 unspecified atom stereocenters. The summed E-state index contributed by atoms with van der Waals surface area (Å²) in [6.45, 7) is 9.23. The van der Waals surface area contributed by atoms with Crippen LogP contribution in [0.5, 0.6) is 5.75 Å². The van der Waals surface area contributed by atoms with Crippen molar-refractivity contribution in [2.24, 2.45) is 0 Å². The zero-order valence-electron chi connectivity index (χ0n) is 13.4. The minimum Gasteiger partial charge on any atom is -0.494 e. The maximum absolute atomic E-state index is 5.72. The lowest BCUT2D eigenvalue weighted by Gasteiger charge is -2.23. The number of rotatable bonds is 6. The van der Waals surface area contributed by atoms with Crippen LogP contribution in [0.3, 0.4) is 0 Å². The molecule has 0 radical (unpaired) electrons. The molecule has 0 saturated carbocycles. The van der Waals surface area contributed by atoms with Crippen LogP contribution < -0.4 is 10.1 Å². The lowest BCUT2D eigenvalue weighted by Crippen LogP contribution is -2.23. The summed E-state index contributed by atoms with van der Waals surface area (Å²) >= 11 is 0. The molecular formula is C19H25NO. The Bertz CT molecular complexity index is 579. The summed E-state index contributed by atoms with van der Waals surface area (Å²) in [5, 5.41) is 3.66. The highest BCUT2D eigenvalue weighted by atomic mass is 16.5. The molecule has 0 fully saturated rings. The molecule has 2 aromatic rings. The van der Waals surface area contributed by atoms with Crippen LogP contribution in [-0.4, -0.2) is 6.61 Å². The van der Waals surface area contributed by atoms with E-state index >= 15 is 0 Å². The summed E-state index contributed by atoms with van der Waals surface area (Å²) < 4.78 is 5.72. The molecule has 0 heterocycles. The number of para-hydroxylation sites is 1. The Labute approximate surface area is 128 Å². The molecular weight excluding hydrogens is 258 g/mol. The maximum Gasteiger partial charge on any atom is 0.124 e. The Morgan fingerprint density at radius 2 is 1.76 bits per heavy atom. The summed E-state index contributed by atoms with van der Waals surface area (Å²) in [5.74, 6) is 0.969. The van der Waals surface area contributed by atoms with Crippen molar-refractivity contribution in [2.45, 2.75) is 39.8 Å². The van der Waals surface area contributed by atoms with Gasteiger partial charge in [-0.05, 0) is 39.3 Å². The topological polar surface area (TPSA) is 21.3 Å². The van der Waals surface area contributed by atoms with E-state index in [9.17, 15) is 0 Å². The van der Waals surface area contributed by atoms with Gasteiger partial charge in [0.25, 0.3) is 0 Å². The van der Waals surface area contributed by atoms with E-state index in [4.69, 9.17) is 4.74 Å². The van der Waals surface area contributed by atoms with Crippen molar-refractivity contribution in [3.05, 3.63) is 65.2 Å². The lowest BCUT2D eigenvalue weighted by atomic mass is 10.0. The third-order valence-corrected chi connectivity index (χ3v) is 3.73. The van der Waals surface area contributed by atoms with Gasteiger partial charge in [-0.25, -0.2) is 0 Å². The van der Waals surface area contributed by atoms with E-state index in [2.05, 4.69) is 62.5 Å². The standard InChI is InChI=1S/C19H25NO/c1-5-21-19-12-7-6-11-18(19)16(4)20-15(3)17-10-8-9-14(2)13-17/h6-13,15-16,20H,5H2,1-4H3/t15-,16?/m1/s1. The zero-order valence-corrected chi connectivity index (χ0v) is 13.4. The van der Waals surface area contributed by atoms with E-state index in [1.54, 1.807) is 0 Å². The van der Waals surface area contributed by atoms with Gasteiger partial charge < -0.3 is 10.1 Å². The zero-order chi connectivity index (χ0) is 15.2. The Balaban J connectivity index is 2.12. The van der Waals surface area contributed by atoms with E-state index in [0.29, 0.717) is 12.6 Å². The number of ether oxygens (including phenoxy) is 1. The maximum atomic E-state index is 5.72. The Hall–Kier alpha value is -1.80. The first kappa shape index (κ1) is 15.6. The largest absolute Gasteiger partial charge is 0.494 e. The summed E-state index contributed by atoms with van der Waals surface area (Å²) in [4.78, 5) is 0. The highest BCUT2D eigenvalue weighted by Gasteiger charge is 2.14. The smallest absolute Gasteiger partial charge is 0.124 e. The predicted molar refractivity (Wildman–Crippen MR) is 88.8 cm³/mol. The molecule has 0 spiro atoms. The number of hydrogen-bond donors (Lipinski definition) is 1. The molecule has 2 nitrogen and oxygen atoms in total. The number of nitrogens with one attached hydrogen (secondary N) is 1. The van der Waals surface area contributed by atoms with Gasteiger partial charge in [-0.1, -0.05) is 48.0 Å². The predicted octanol–water partition coefficient (Wildman–Crippen LogP) is 4.81. The van der Waals surface area contributed by atoms with Crippen molar-refractivity contribution < 1.29 is 4.74 Å². The minimum atomic E-state index is 0.239. The van der Waals surface area contributed by atoms with Gasteiger partial charge in [0.2, 0.25) is 0 Å². The first-order valence-corrected chi connectivity index (χ1v) is 7.66. The molecule has 1 N–H and O–H groups in total. The van der Waals surface area contributed by atoms with E-state index < -0.39 is 0 Å². The molecule has 2 atom stereocenters. The minimum absolute atomic E-state index is 0.239. The second-order valence-corrected chi connectivity index (χ2v) is 5.50.